The summed E-state index contributed by atoms with van der Waals surface area (Å²) in [6, 6.07) is 5.99. The standard InChI is InChI=1S/C31H42O13/c1-16(2)21(34)11-5-17(3)13-14-40-30-27(39)29(44-31-26(38)25(37)24(36)18(4)41-31)28(22(15-32)42-30)43-23(35)12-8-19-6-9-20(33)10-7-19/h6-10,12-13,18,22,24-33,36-39H,1,5,11,14-15H2,2-4H3/t18-,22+,24-,25+,26+,27+,28+,29+,30+,31-/m0/s1. The number of ketones is 1. The molecule has 10 atom stereocenters. The summed E-state index contributed by atoms with van der Waals surface area (Å²) in [5.41, 5.74) is 1.87. The largest absolute Gasteiger partial charge is 0.508 e. The van der Waals surface area contributed by atoms with E-state index in [0.29, 0.717) is 17.6 Å². The second kappa shape index (κ2) is 16.4. The van der Waals surface area contributed by atoms with Crippen LogP contribution in [0.5, 0.6) is 5.75 Å². The normalized spacial score (nSPS) is 32.9. The minimum absolute atomic E-state index is 0.0447. The molecule has 13 heteroatoms. The Bertz CT molecular complexity index is 1180. The van der Waals surface area contributed by atoms with Gasteiger partial charge in [0.25, 0.3) is 0 Å². The van der Waals surface area contributed by atoms with E-state index in [1.807, 2.05) is 0 Å². The molecule has 1 aromatic carbocycles. The molecule has 0 bridgehead atoms. The molecule has 0 amide bonds. The summed E-state index contributed by atoms with van der Waals surface area (Å²) in [4.78, 5) is 24.6. The van der Waals surface area contributed by atoms with Gasteiger partial charge in [-0.1, -0.05) is 30.4 Å². The van der Waals surface area contributed by atoms with Gasteiger partial charge in [-0.15, -0.1) is 0 Å². The molecule has 0 radical (unpaired) electrons. The lowest BCUT2D eigenvalue weighted by Crippen LogP contribution is -2.65. The molecule has 44 heavy (non-hydrogen) atoms. The zero-order valence-corrected chi connectivity index (χ0v) is 24.9. The minimum Gasteiger partial charge on any atom is -0.508 e. The number of aliphatic hydroxyl groups excluding tert-OH is 5. The fraction of sp³-hybridized carbons (Fsp3) is 0.548. The van der Waals surface area contributed by atoms with Gasteiger partial charge >= 0.3 is 5.97 Å². The molecule has 2 aliphatic rings. The molecule has 0 aliphatic carbocycles. The molecule has 1 aromatic rings. The van der Waals surface area contributed by atoms with E-state index in [2.05, 4.69) is 6.58 Å². The fourth-order valence-electron chi connectivity index (χ4n) is 4.59. The highest BCUT2D eigenvalue weighted by molar-refractivity contribution is 5.94. The molecule has 0 spiro atoms. The van der Waals surface area contributed by atoms with Gasteiger partial charge in [0.1, 0.15) is 42.4 Å². The Labute approximate surface area is 255 Å². The summed E-state index contributed by atoms with van der Waals surface area (Å²) in [5.74, 6) is -0.904. The molecule has 0 aromatic heterocycles. The lowest BCUT2D eigenvalue weighted by atomic mass is 9.97. The predicted octanol–water partition coefficient (Wildman–Crippen LogP) is 0.496. The van der Waals surface area contributed by atoms with Gasteiger partial charge in [-0.25, -0.2) is 4.79 Å². The summed E-state index contributed by atoms with van der Waals surface area (Å²) in [5, 5.41) is 61.7. The van der Waals surface area contributed by atoms with Gasteiger partial charge in [0.2, 0.25) is 0 Å². The molecule has 13 nitrogen and oxygen atoms in total. The van der Waals surface area contributed by atoms with Crippen molar-refractivity contribution in [1.29, 1.82) is 0 Å². The molecule has 6 N–H and O–H groups in total. The second-order valence-corrected chi connectivity index (χ2v) is 10.9. The number of carbonyl (C=O) groups is 2. The highest BCUT2D eigenvalue weighted by Gasteiger charge is 2.52. The summed E-state index contributed by atoms with van der Waals surface area (Å²) in [6.45, 7) is 7.79. The molecule has 0 saturated carbocycles. The number of aliphatic hydroxyl groups is 5. The highest BCUT2D eigenvalue weighted by Crippen LogP contribution is 2.31. The summed E-state index contributed by atoms with van der Waals surface area (Å²) in [7, 11) is 0. The number of esters is 1. The number of carbonyl (C=O) groups excluding carboxylic acids is 2. The van der Waals surface area contributed by atoms with Gasteiger partial charge in [0.05, 0.1) is 19.3 Å². The van der Waals surface area contributed by atoms with Gasteiger partial charge in [0, 0.05) is 12.5 Å². The number of ether oxygens (including phenoxy) is 5. The maximum absolute atomic E-state index is 12.8. The van der Waals surface area contributed by atoms with E-state index in [1.54, 1.807) is 32.1 Å². The number of hydrogen-bond donors (Lipinski definition) is 6. The van der Waals surface area contributed by atoms with E-state index in [-0.39, 0.29) is 24.6 Å². The molecule has 0 unspecified atom stereocenters. The molecule has 2 saturated heterocycles. The number of phenols is 1. The maximum atomic E-state index is 12.8. The molecule has 2 fully saturated rings. The highest BCUT2D eigenvalue weighted by atomic mass is 16.7. The van der Waals surface area contributed by atoms with E-state index >= 15 is 0 Å². The third kappa shape index (κ3) is 9.51. The number of phenolic OH excluding ortho intramolecular Hbond substituents is 1. The SMILES string of the molecule is C=C(C)C(=O)CCC(C)=CCO[C@@H]1O[C@H](CO)[C@@H](OC(=O)C=Cc2ccc(O)cc2)[C@H](O[C@@H]2O[C@@H](C)[C@H](O)[C@@H](O)[C@H]2O)[C@H]1O. The molecular formula is C31H42O13. The number of hydrogen-bond acceptors (Lipinski definition) is 13. The number of aromatic hydroxyl groups is 1. The number of allylic oxidation sites excluding steroid dienone is 2. The van der Waals surface area contributed by atoms with E-state index < -0.39 is 74.0 Å². The summed E-state index contributed by atoms with van der Waals surface area (Å²) < 4.78 is 28.4. The van der Waals surface area contributed by atoms with Crippen molar-refractivity contribution in [3.8, 4) is 5.75 Å². The smallest absolute Gasteiger partial charge is 0.331 e. The van der Waals surface area contributed by atoms with Crippen LogP contribution in [-0.2, 0) is 33.3 Å². The number of Topliss-reactive ketones (excluding diaryl/α,β-unsaturated/α-hetero) is 1. The Morgan fingerprint density at radius 3 is 2.25 bits per heavy atom. The second-order valence-electron chi connectivity index (χ2n) is 10.9. The van der Waals surface area contributed by atoms with Crippen molar-refractivity contribution < 1.29 is 63.9 Å². The van der Waals surface area contributed by atoms with Gasteiger partial charge in [0.15, 0.2) is 24.5 Å². The molecule has 3 rings (SSSR count). The molecule has 2 aliphatic heterocycles. The number of benzene rings is 1. The van der Waals surface area contributed by atoms with Crippen LogP contribution in [0.25, 0.3) is 6.08 Å². The van der Waals surface area contributed by atoms with Gasteiger partial charge < -0.3 is 54.3 Å². The first-order chi connectivity index (χ1) is 20.8. The Kier molecular flexibility index (Phi) is 13.2. The van der Waals surface area contributed by atoms with Gasteiger partial charge in [-0.05, 0) is 56.5 Å². The Morgan fingerprint density at radius 2 is 1.61 bits per heavy atom. The first-order valence-corrected chi connectivity index (χ1v) is 14.3. The topological polar surface area (TPSA) is 202 Å². The monoisotopic (exact) mass is 622 g/mol. The zero-order chi connectivity index (χ0) is 32.6. The lowest BCUT2D eigenvalue weighted by Gasteiger charge is -2.46. The van der Waals surface area contributed by atoms with Crippen LogP contribution in [0.2, 0.25) is 0 Å². The van der Waals surface area contributed by atoms with Crippen molar-refractivity contribution in [3.63, 3.8) is 0 Å². The van der Waals surface area contributed by atoms with Crippen molar-refractivity contribution in [2.75, 3.05) is 13.2 Å². The van der Waals surface area contributed by atoms with E-state index in [1.165, 1.54) is 25.1 Å². The van der Waals surface area contributed by atoms with Crippen molar-refractivity contribution >= 4 is 17.8 Å². The van der Waals surface area contributed by atoms with Crippen LogP contribution in [-0.4, -0.2) is 117 Å². The van der Waals surface area contributed by atoms with Crippen LogP contribution < -0.4 is 0 Å². The average Bonchev–Trinajstić information content (AvgIpc) is 2.99. The summed E-state index contributed by atoms with van der Waals surface area (Å²) >= 11 is 0. The van der Waals surface area contributed by atoms with Crippen molar-refractivity contribution in [2.24, 2.45) is 0 Å². The Hall–Kier alpha value is -2.98. The summed E-state index contributed by atoms with van der Waals surface area (Å²) in [6.07, 6.45) is -9.60. The van der Waals surface area contributed by atoms with Crippen LogP contribution in [0.15, 0.2) is 54.1 Å². The third-order valence-corrected chi connectivity index (χ3v) is 7.37. The van der Waals surface area contributed by atoms with Crippen LogP contribution in [0, 0.1) is 0 Å². The molecular weight excluding hydrogens is 580 g/mol. The van der Waals surface area contributed by atoms with Crippen molar-refractivity contribution in [2.45, 2.75) is 95.0 Å². The number of rotatable bonds is 13. The predicted molar refractivity (Wildman–Crippen MR) is 155 cm³/mol. The van der Waals surface area contributed by atoms with E-state index in [4.69, 9.17) is 23.7 Å². The Morgan fingerprint density at radius 1 is 0.932 bits per heavy atom. The lowest BCUT2D eigenvalue weighted by molar-refractivity contribution is -0.356. The van der Waals surface area contributed by atoms with Crippen molar-refractivity contribution in [3.05, 3.63) is 59.7 Å². The zero-order valence-electron chi connectivity index (χ0n) is 24.9. The molecule has 244 valence electrons. The quantitative estimate of drug-likeness (QED) is 0.101. The van der Waals surface area contributed by atoms with Crippen LogP contribution in [0.3, 0.4) is 0 Å². The van der Waals surface area contributed by atoms with Gasteiger partial charge in [-0.3, -0.25) is 4.79 Å². The first kappa shape index (κ1) is 35.5. The third-order valence-electron chi connectivity index (χ3n) is 7.37. The maximum Gasteiger partial charge on any atom is 0.331 e. The van der Waals surface area contributed by atoms with E-state index in [9.17, 15) is 40.2 Å². The van der Waals surface area contributed by atoms with E-state index in [0.717, 1.165) is 11.6 Å². The molecule has 2 heterocycles. The van der Waals surface area contributed by atoms with Crippen LogP contribution in [0.1, 0.15) is 39.2 Å². The van der Waals surface area contributed by atoms with Crippen LogP contribution >= 0.6 is 0 Å². The fourth-order valence-corrected chi connectivity index (χ4v) is 4.59. The van der Waals surface area contributed by atoms with Crippen molar-refractivity contribution in [1.82, 2.24) is 0 Å². The first-order valence-electron chi connectivity index (χ1n) is 14.3. The Balaban J connectivity index is 1.78. The van der Waals surface area contributed by atoms with Crippen LogP contribution in [0.4, 0.5) is 0 Å². The average molecular weight is 623 g/mol. The minimum atomic E-state index is -1.73. The van der Waals surface area contributed by atoms with Gasteiger partial charge in [-0.2, -0.15) is 0 Å².